The van der Waals surface area contributed by atoms with Crippen molar-refractivity contribution in [3.8, 4) is 0 Å². The summed E-state index contributed by atoms with van der Waals surface area (Å²) < 4.78 is 2.22. The molecular formula is C10H17BrN2. The molecule has 3 heteroatoms. The Morgan fingerprint density at radius 2 is 2.38 bits per heavy atom. The molecule has 0 aliphatic carbocycles. The third kappa shape index (κ3) is 3.14. The number of aryl methyl sites for hydroxylation is 1. The van der Waals surface area contributed by atoms with Crippen molar-refractivity contribution in [2.24, 2.45) is 5.92 Å². The minimum atomic E-state index is 0.734. The lowest BCUT2D eigenvalue weighted by Crippen LogP contribution is -2.12. The van der Waals surface area contributed by atoms with E-state index in [-0.39, 0.29) is 0 Å². The van der Waals surface area contributed by atoms with Gasteiger partial charge in [0.25, 0.3) is 0 Å². The van der Waals surface area contributed by atoms with Crippen LogP contribution in [0.3, 0.4) is 0 Å². The summed E-state index contributed by atoms with van der Waals surface area (Å²) in [5.41, 5.74) is 0. The minimum Gasteiger partial charge on any atom is -0.335 e. The van der Waals surface area contributed by atoms with Gasteiger partial charge < -0.3 is 4.57 Å². The topological polar surface area (TPSA) is 17.8 Å². The molecule has 0 N–H and O–H groups in total. The van der Waals surface area contributed by atoms with Gasteiger partial charge in [0.2, 0.25) is 0 Å². The Bertz CT molecular complexity index is 245. The number of halogens is 1. The van der Waals surface area contributed by atoms with Gasteiger partial charge in [0.1, 0.15) is 5.82 Å². The van der Waals surface area contributed by atoms with E-state index in [4.69, 9.17) is 0 Å². The van der Waals surface area contributed by atoms with Gasteiger partial charge in [-0.1, -0.05) is 29.3 Å². The summed E-state index contributed by atoms with van der Waals surface area (Å²) in [6.07, 6.45) is 6.46. The first kappa shape index (κ1) is 10.8. The molecule has 0 spiro atoms. The molecule has 13 heavy (non-hydrogen) atoms. The first-order valence-corrected chi connectivity index (χ1v) is 5.93. The van der Waals surface area contributed by atoms with Gasteiger partial charge in [0, 0.05) is 24.3 Å². The molecule has 0 saturated heterocycles. The highest BCUT2D eigenvalue weighted by Gasteiger charge is 2.07. The van der Waals surface area contributed by atoms with Crippen molar-refractivity contribution in [1.82, 2.24) is 9.55 Å². The molecule has 1 aromatic heterocycles. The number of alkyl halides is 1. The van der Waals surface area contributed by atoms with Gasteiger partial charge in [-0.25, -0.2) is 4.98 Å². The van der Waals surface area contributed by atoms with Crippen LogP contribution in [0.1, 0.15) is 25.6 Å². The average molecular weight is 245 g/mol. The van der Waals surface area contributed by atoms with E-state index in [1.807, 2.05) is 6.20 Å². The maximum absolute atomic E-state index is 4.21. The largest absolute Gasteiger partial charge is 0.335 e. The summed E-state index contributed by atoms with van der Waals surface area (Å²) in [7, 11) is 0. The van der Waals surface area contributed by atoms with Crippen molar-refractivity contribution in [3.63, 3.8) is 0 Å². The van der Waals surface area contributed by atoms with E-state index in [0.29, 0.717) is 0 Å². The molecule has 0 bridgehead atoms. The van der Waals surface area contributed by atoms with Crippen LogP contribution in [0.15, 0.2) is 12.4 Å². The monoisotopic (exact) mass is 244 g/mol. The molecule has 0 aromatic carbocycles. The molecule has 0 amide bonds. The number of imidazole rings is 1. The third-order valence-corrected chi connectivity index (χ3v) is 3.21. The number of nitrogens with zero attached hydrogens (tertiary/aromatic N) is 2. The van der Waals surface area contributed by atoms with Crippen LogP contribution in [0.25, 0.3) is 0 Å². The van der Waals surface area contributed by atoms with Crippen molar-refractivity contribution < 1.29 is 0 Å². The van der Waals surface area contributed by atoms with Crippen LogP contribution in [0, 0.1) is 12.8 Å². The highest BCUT2D eigenvalue weighted by Crippen LogP contribution is 2.13. The second-order valence-corrected chi connectivity index (χ2v) is 4.08. The number of rotatable bonds is 5. The quantitative estimate of drug-likeness (QED) is 0.729. The van der Waals surface area contributed by atoms with E-state index in [2.05, 4.69) is 45.5 Å². The first-order chi connectivity index (χ1) is 6.27. The molecule has 1 rings (SSSR count). The van der Waals surface area contributed by atoms with E-state index in [9.17, 15) is 0 Å². The molecule has 1 unspecified atom stereocenters. The maximum atomic E-state index is 4.21. The molecule has 2 nitrogen and oxygen atoms in total. The van der Waals surface area contributed by atoms with Gasteiger partial charge in [0.15, 0.2) is 0 Å². The Morgan fingerprint density at radius 1 is 1.62 bits per heavy atom. The Labute approximate surface area is 88.5 Å². The van der Waals surface area contributed by atoms with E-state index in [1.54, 1.807) is 0 Å². The van der Waals surface area contributed by atoms with Crippen molar-refractivity contribution in [2.45, 2.75) is 33.2 Å². The predicted octanol–water partition coefficient (Wildman–Crippen LogP) is 3.00. The molecule has 0 aliphatic heterocycles. The summed E-state index contributed by atoms with van der Waals surface area (Å²) >= 11 is 3.55. The van der Waals surface area contributed by atoms with E-state index in [0.717, 1.165) is 23.6 Å². The van der Waals surface area contributed by atoms with E-state index >= 15 is 0 Å². The van der Waals surface area contributed by atoms with E-state index < -0.39 is 0 Å². The van der Waals surface area contributed by atoms with Crippen molar-refractivity contribution in [2.75, 3.05) is 5.33 Å². The molecular weight excluding hydrogens is 228 g/mol. The average Bonchev–Trinajstić information content (AvgIpc) is 2.51. The molecule has 1 heterocycles. The zero-order valence-electron chi connectivity index (χ0n) is 8.33. The summed E-state index contributed by atoms with van der Waals surface area (Å²) in [6, 6.07) is 0. The zero-order valence-corrected chi connectivity index (χ0v) is 9.92. The SMILES string of the molecule is CCCC(CBr)Cn1ccnc1C. The van der Waals surface area contributed by atoms with Gasteiger partial charge in [-0.15, -0.1) is 0 Å². The number of hydrogen-bond donors (Lipinski definition) is 0. The Morgan fingerprint density at radius 3 is 2.85 bits per heavy atom. The molecule has 0 aliphatic rings. The molecule has 74 valence electrons. The van der Waals surface area contributed by atoms with Crippen molar-refractivity contribution in [1.29, 1.82) is 0 Å². The van der Waals surface area contributed by atoms with Crippen LogP contribution in [-0.2, 0) is 6.54 Å². The predicted molar refractivity (Wildman–Crippen MR) is 59.2 cm³/mol. The fourth-order valence-corrected chi connectivity index (χ4v) is 2.03. The lowest BCUT2D eigenvalue weighted by molar-refractivity contribution is 0.449. The lowest BCUT2D eigenvalue weighted by Gasteiger charge is -2.14. The summed E-state index contributed by atoms with van der Waals surface area (Å²) in [5.74, 6) is 1.85. The van der Waals surface area contributed by atoms with Crippen LogP contribution in [-0.4, -0.2) is 14.9 Å². The maximum Gasteiger partial charge on any atom is 0.105 e. The standard InChI is InChI=1S/C10H17BrN2/c1-3-4-10(7-11)8-13-6-5-12-9(13)2/h5-6,10H,3-4,7-8H2,1-2H3. The minimum absolute atomic E-state index is 0.734. The molecule has 0 fully saturated rings. The van der Waals surface area contributed by atoms with Gasteiger partial charge in [0.05, 0.1) is 0 Å². The summed E-state index contributed by atoms with van der Waals surface area (Å²) in [6.45, 7) is 5.37. The fraction of sp³-hybridized carbons (Fsp3) is 0.700. The van der Waals surface area contributed by atoms with Crippen LogP contribution in [0.2, 0.25) is 0 Å². The fourth-order valence-electron chi connectivity index (χ4n) is 1.50. The van der Waals surface area contributed by atoms with Crippen LogP contribution < -0.4 is 0 Å². The van der Waals surface area contributed by atoms with Gasteiger partial charge in [-0.05, 0) is 19.3 Å². The second-order valence-electron chi connectivity index (χ2n) is 3.44. The highest BCUT2D eigenvalue weighted by atomic mass is 79.9. The number of aromatic nitrogens is 2. The highest BCUT2D eigenvalue weighted by molar-refractivity contribution is 9.09. The van der Waals surface area contributed by atoms with Crippen molar-refractivity contribution in [3.05, 3.63) is 18.2 Å². The first-order valence-electron chi connectivity index (χ1n) is 4.81. The number of hydrogen-bond acceptors (Lipinski definition) is 1. The second kappa shape index (κ2) is 5.43. The van der Waals surface area contributed by atoms with Gasteiger partial charge >= 0.3 is 0 Å². The van der Waals surface area contributed by atoms with Crippen LogP contribution in [0.4, 0.5) is 0 Å². The van der Waals surface area contributed by atoms with E-state index in [1.165, 1.54) is 12.8 Å². The zero-order chi connectivity index (χ0) is 9.68. The lowest BCUT2D eigenvalue weighted by atomic mass is 10.1. The Balaban J connectivity index is 2.51. The molecule has 1 aromatic rings. The van der Waals surface area contributed by atoms with Gasteiger partial charge in [-0.2, -0.15) is 0 Å². The third-order valence-electron chi connectivity index (χ3n) is 2.29. The normalized spacial score (nSPS) is 13.2. The Kier molecular flexibility index (Phi) is 4.50. The Hall–Kier alpha value is -0.310. The molecule has 0 radical (unpaired) electrons. The van der Waals surface area contributed by atoms with Crippen LogP contribution >= 0.6 is 15.9 Å². The van der Waals surface area contributed by atoms with Crippen LogP contribution in [0.5, 0.6) is 0 Å². The van der Waals surface area contributed by atoms with Gasteiger partial charge in [-0.3, -0.25) is 0 Å². The molecule has 1 atom stereocenters. The smallest absolute Gasteiger partial charge is 0.105 e. The summed E-state index contributed by atoms with van der Waals surface area (Å²) in [5, 5.41) is 1.08. The molecule has 0 saturated carbocycles. The summed E-state index contributed by atoms with van der Waals surface area (Å²) in [4.78, 5) is 4.21. The van der Waals surface area contributed by atoms with Crippen molar-refractivity contribution >= 4 is 15.9 Å².